The van der Waals surface area contributed by atoms with Gasteiger partial charge in [0.1, 0.15) is 0 Å². The highest BCUT2D eigenvalue weighted by Gasteiger charge is 2.17. The number of thiophene rings is 1. The first-order valence-corrected chi connectivity index (χ1v) is 8.77. The van der Waals surface area contributed by atoms with Gasteiger partial charge in [0, 0.05) is 36.4 Å². The summed E-state index contributed by atoms with van der Waals surface area (Å²) < 4.78 is 29.5. The van der Waals surface area contributed by atoms with Crippen LogP contribution in [0.5, 0.6) is 0 Å². The zero-order valence-corrected chi connectivity index (χ0v) is 13.4. The molecule has 0 unspecified atom stereocenters. The molecule has 2 heterocycles. The standard InChI is InChI=1S/C12H16ClN3O2S2/c1-2-16-8-11(5-9(16)6-14)20(17,18)15-7-10-3-4-12(13)19-10/h3-5,8,15H,2,6-7,14H2,1H3. The van der Waals surface area contributed by atoms with E-state index in [0.717, 1.165) is 10.6 Å². The van der Waals surface area contributed by atoms with E-state index in [1.807, 2.05) is 11.5 Å². The second kappa shape index (κ2) is 6.28. The SMILES string of the molecule is CCn1cc(S(=O)(=O)NCc2ccc(Cl)s2)cc1CN. The van der Waals surface area contributed by atoms with Gasteiger partial charge in [-0.15, -0.1) is 11.3 Å². The number of halogens is 1. The third-order valence-corrected chi connectivity index (χ3v) is 5.49. The number of hydrogen-bond acceptors (Lipinski definition) is 4. The quantitative estimate of drug-likeness (QED) is 0.850. The molecule has 0 atom stereocenters. The van der Waals surface area contributed by atoms with Crippen LogP contribution in [-0.2, 0) is 29.7 Å². The molecule has 0 spiro atoms. The first-order chi connectivity index (χ1) is 9.46. The monoisotopic (exact) mass is 333 g/mol. The second-order valence-corrected chi connectivity index (χ2v) is 7.75. The lowest BCUT2D eigenvalue weighted by Crippen LogP contribution is -2.22. The summed E-state index contributed by atoms with van der Waals surface area (Å²) in [4.78, 5) is 1.11. The number of nitrogens with zero attached hydrogens (tertiary/aromatic N) is 1. The fraction of sp³-hybridized carbons (Fsp3) is 0.333. The first kappa shape index (κ1) is 15.5. The maximum atomic E-state index is 12.2. The maximum Gasteiger partial charge on any atom is 0.242 e. The molecule has 0 aliphatic carbocycles. The van der Waals surface area contributed by atoms with E-state index in [2.05, 4.69) is 4.72 Å². The van der Waals surface area contributed by atoms with Crippen LogP contribution in [0.2, 0.25) is 4.34 Å². The average Bonchev–Trinajstić information content (AvgIpc) is 3.02. The van der Waals surface area contributed by atoms with E-state index in [0.29, 0.717) is 17.4 Å². The van der Waals surface area contributed by atoms with Gasteiger partial charge >= 0.3 is 0 Å². The molecule has 0 amide bonds. The summed E-state index contributed by atoms with van der Waals surface area (Å²) >= 11 is 7.17. The zero-order chi connectivity index (χ0) is 14.8. The molecule has 8 heteroatoms. The number of nitrogens with two attached hydrogens (primary N) is 1. The summed E-state index contributed by atoms with van der Waals surface area (Å²) in [5, 5.41) is 0. The lowest BCUT2D eigenvalue weighted by Gasteiger charge is -2.03. The molecule has 0 radical (unpaired) electrons. The molecule has 2 aromatic rings. The van der Waals surface area contributed by atoms with Crippen LogP contribution in [0.25, 0.3) is 0 Å². The van der Waals surface area contributed by atoms with Crippen molar-refractivity contribution in [1.82, 2.24) is 9.29 Å². The van der Waals surface area contributed by atoms with Gasteiger partial charge < -0.3 is 10.3 Å². The van der Waals surface area contributed by atoms with Crippen LogP contribution in [0, 0.1) is 0 Å². The van der Waals surface area contributed by atoms with E-state index in [4.69, 9.17) is 17.3 Å². The van der Waals surface area contributed by atoms with Gasteiger partial charge in [-0.25, -0.2) is 13.1 Å². The van der Waals surface area contributed by atoms with Crippen molar-refractivity contribution in [3.63, 3.8) is 0 Å². The minimum absolute atomic E-state index is 0.231. The lowest BCUT2D eigenvalue weighted by molar-refractivity contribution is 0.581. The van der Waals surface area contributed by atoms with E-state index in [1.54, 1.807) is 24.4 Å². The Kier molecular flexibility index (Phi) is 4.87. The topological polar surface area (TPSA) is 77.1 Å². The van der Waals surface area contributed by atoms with Crippen LogP contribution in [0.15, 0.2) is 29.3 Å². The molecule has 20 heavy (non-hydrogen) atoms. The molecule has 3 N–H and O–H groups in total. The summed E-state index contributed by atoms with van der Waals surface area (Å²) in [6.45, 7) is 3.16. The maximum absolute atomic E-state index is 12.2. The highest BCUT2D eigenvalue weighted by atomic mass is 35.5. The Bertz CT molecular complexity index is 670. The summed E-state index contributed by atoms with van der Waals surface area (Å²) in [6, 6.07) is 5.15. The summed E-state index contributed by atoms with van der Waals surface area (Å²) in [6.07, 6.45) is 1.60. The molecule has 0 saturated heterocycles. The molecule has 2 rings (SSSR count). The predicted octanol–water partition coefficient (Wildman–Crippen LogP) is 2.16. The van der Waals surface area contributed by atoms with E-state index in [9.17, 15) is 8.42 Å². The molecular formula is C12H16ClN3O2S2. The van der Waals surface area contributed by atoms with Crippen molar-refractivity contribution in [1.29, 1.82) is 0 Å². The number of hydrogen-bond donors (Lipinski definition) is 2. The fourth-order valence-corrected chi connectivity index (χ4v) is 4.02. The van der Waals surface area contributed by atoms with Crippen molar-refractivity contribution in [3.8, 4) is 0 Å². The Labute approximate surface area is 127 Å². The fourth-order valence-electron chi connectivity index (χ4n) is 1.83. The number of nitrogens with one attached hydrogen (secondary N) is 1. The number of sulfonamides is 1. The molecule has 0 aromatic carbocycles. The van der Waals surface area contributed by atoms with Crippen molar-refractivity contribution < 1.29 is 8.42 Å². The van der Waals surface area contributed by atoms with Crippen molar-refractivity contribution in [2.24, 2.45) is 5.73 Å². The van der Waals surface area contributed by atoms with Crippen LogP contribution in [-0.4, -0.2) is 13.0 Å². The number of rotatable bonds is 6. The molecule has 0 aliphatic rings. The zero-order valence-electron chi connectivity index (χ0n) is 11.0. The van der Waals surface area contributed by atoms with Crippen molar-refractivity contribution >= 4 is 33.0 Å². The van der Waals surface area contributed by atoms with Gasteiger partial charge in [-0.3, -0.25) is 0 Å². The molecular weight excluding hydrogens is 318 g/mol. The van der Waals surface area contributed by atoms with E-state index >= 15 is 0 Å². The van der Waals surface area contributed by atoms with Gasteiger partial charge in [0.2, 0.25) is 10.0 Å². The van der Waals surface area contributed by atoms with E-state index in [1.165, 1.54) is 11.3 Å². The molecule has 0 bridgehead atoms. The van der Waals surface area contributed by atoms with E-state index in [-0.39, 0.29) is 11.4 Å². The third kappa shape index (κ3) is 3.42. The molecule has 0 saturated carbocycles. The Balaban J connectivity index is 2.15. The van der Waals surface area contributed by atoms with E-state index < -0.39 is 10.0 Å². The van der Waals surface area contributed by atoms with Crippen LogP contribution >= 0.6 is 22.9 Å². The minimum Gasteiger partial charge on any atom is -0.349 e. The van der Waals surface area contributed by atoms with Crippen molar-refractivity contribution in [3.05, 3.63) is 39.3 Å². The van der Waals surface area contributed by atoms with Gasteiger partial charge in [0.05, 0.1) is 9.23 Å². The molecule has 0 aliphatic heterocycles. The first-order valence-electron chi connectivity index (χ1n) is 6.09. The Hall–Kier alpha value is -0.860. The lowest BCUT2D eigenvalue weighted by atomic mass is 10.4. The normalized spacial score (nSPS) is 11.9. The number of aromatic nitrogens is 1. The minimum atomic E-state index is -3.53. The average molecular weight is 334 g/mol. The van der Waals surface area contributed by atoms with Gasteiger partial charge in [-0.05, 0) is 25.1 Å². The largest absolute Gasteiger partial charge is 0.349 e. The Morgan fingerprint density at radius 1 is 1.45 bits per heavy atom. The van der Waals surface area contributed by atoms with Gasteiger partial charge in [0.25, 0.3) is 0 Å². The molecule has 2 aromatic heterocycles. The van der Waals surface area contributed by atoms with Crippen molar-refractivity contribution in [2.45, 2.75) is 31.5 Å². The molecule has 0 fully saturated rings. The Morgan fingerprint density at radius 2 is 2.20 bits per heavy atom. The smallest absolute Gasteiger partial charge is 0.242 e. The third-order valence-electron chi connectivity index (χ3n) is 2.89. The van der Waals surface area contributed by atoms with Crippen LogP contribution < -0.4 is 10.5 Å². The van der Waals surface area contributed by atoms with Crippen LogP contribution in [0.1, 0.15) is 17.5 Å². The summed E-state index contributed by atoms with van der Waals surface area (Å²) in [7, 11) is -3.53. The van der Waals surface area contributed by atoms with Gasteiger partial charge in [-0.1, -0.05) is 11.6 Å². The highest BCUT2D eigenvalue weighted by Crippen LogP contribution is 2.22. The molecule has 5 nitrogen and oxygen atoms in total. The summed E-state index contributed by atoms with van der Waals surface area (Å²) in [5.74, 6) is 0. The van der Waals surface area contributed by atoms with Gasteiger partial charge in [-0.2, -0.15) is 0 Å². The van der Waals surface area contributed by atoms with Crippen molar-refractivity contribution in [2.75, 3.05) is 0 Å². The highest BCUT2D eigenvalue weighted by molar-refractivity contribution is 7.89. The predicted molar refractivity (Wildman–Crippen MR) is 81.4 cm³/mol. The van der Waals surface area contributed by atoms with Gasteiger partial charge in [0.15, 0.2) is 0 Å². The van der Waals surface area contributed by atoms with Crippen LogP contribution in [0.3, 0.4) is 0 Å². The Morgan fingerprint density at radius 3 is 2.70 bits per heavy atom. The second-order valence-electron chi connectivity index (χ2n) is 4.19. The number of aryl methyl sites for hydroxylation is 1. The summed E-state index contributed by atoms with van der Waals surface area (Å²) in [5.41, 5.74) is 6.40. The van der Waals surface area contributed by atoms with Crippen LogP contribution in [0.4, 0.5) is 0 Å². The molecule has 110 valence electrons.